The van der Waals surface area contributed by atoms with Crippen molar-refractivity contribution in [3.63, 3.8) is 0 Å². The molecule has 0 heterocycles. The fourth-order valence-electron chi connectivity index (χ4n) is 8.59. The molecule has 292 valence electrons. The number of aliphatic hydroxyl groups excluding tert-OH is 1. The van der Waals surface area contributed by atoms with Crippen LogP contribution in [0.1, 0.15) is 142 Å². The molecular formula is C38H65F8IO2. The predicted octanol–water partition coefficient (Wildman–Crippen LogP) is 14.5. The summed E-state index contributed by atoms with van der Waals surface area (Å²) in [5.41, 5.74) is 0. The second-order valence-electron chi connectivity index (χ2n) is 14.3. The number of alkyl halides is 3. The Kier molecular flexibility index (Phi) is 32.0. The summed E-state index contributed by atoms with van der Waals surface area (Å²) in [6.45, 7) is 5.10. The van der Waals surface area contributed by atoms with Gasteiger partial charge in [-0.3, -0.25) is 0 Å². The van der Waals surface area contributed by atoms with Gasteiger partial charge in [-0.05, 0) is 147 Å². The van der Waals surface area contributed by atoms with Crippen molar-refractivity contribution in [2.75, 3.05) is 24.8 Å². The fraction of sp³-hybridized carbons (Fsp3) is 0.895. The highest BCUT2D eigenvalue weighted by atomic mass is 127. The molecule has 4 fully saturated rings. The molecule has 49 heavy (non-hydrogen) atoms. The van der Waals surface area contributed by atoms with Crippen LogP contribution in [0.4, 0.5) is 35.1 Å². The van der Waals surface area contributed by atoms with Crippen molar-refractivity contribution in [3.05, 3.63) is 24.8 Å². The highest BCUT2D eigenvalue weighted by Gasteiger charge is 2.31. The number of aliphatic hydroxyl groups is 1. The third kappa shape index (κ3) is 24.4. The van der Waals surface area contributed by atoms with Crippen molar-refractivity contribution in [3.8, 4) is 0 Å². The molecule has 4 aliphatic rings. The molecule has 4 saturated carbocycles. The Morgan fingerprint density at radius 1 is 0.571 bits per heavy atom. The van der Waals surface area contributed by atoms with Crippen LogP contribution in [0.2, 0.25) is 0 Å². The highest BCUT2D eigenvalue weighted by Crippen LogP contribution is 2.43. The van der Waals surface area contributed by atoms with Crippen LogP contribution in [0.25, 0.3) is 0 Å². The van der Waals surface area contributed by atoms with Gasteiger partial charge in [-0.15, -0.1) is 0 Å². The number of hydrogen-bond acceptors (Lipinski definition) is 2. The Labute approximate surface area is 305 Å². The van der Waals surface area contributed by atoms with Crippen LogP contribution >= 0.6 is 22.6 Å². The number of rotatable bonds is 10. The van der Waals surface area contributed by atoms with Crippen LogP contribution in [0.3, 0.4) is 0 Å². The Hall–Kier alpha value is -0.430. The summed E-state index contributed by atoms with van der Waals surface area (Å²) in [5, 5.41) is 9.18. The zero-order chi connectivity index (χ0) is 36.9. The van der Waals surface area contributed by atoms with Crippen LogP contribution in [0, 0.1) is 47.3 Å². The topological polar surface area (TPSA) is 29.5 Å². The molecule has 0 radical (unpaired) electrons. The van der Waals surface area contributed by atoms with E-state index in [1.807, 2.05) is 0 Å². The van der Waals surface area contributed by atoms with Gasteiger partial charge >= 0.3 is 0 Å². The molecule has 0 bridgehead atoms. The van der Waals surface area contributed by atoms with Crippen LogP contribution in [0.15, 0.2) is 24.8 Å². The minimum atomic E-state index is -2.29. The van der Waals surface area contributed by atoms with E-state index in [0.29, 0.717) is 25.0 Å². The first-order valence-corrected chi connectivity index (χ1v) is 20.2. The van der Waals surface area contributed by atoms with E-state index in [2.05, 4.69) is 13.8 Å². The van der Waals surface area contributed by atoms with Gasteiger partial charge in [0.25, 0.3) is 12.2 Å². The summed E-state index contributed by atoms with van der Waals surface area (Å²) in [4.78, 5) is 0. The summed E-state index contributed by atoms with van der Waals surface area (Å²) >= 11 is 1.62. The summed E-state index contributed by atoms with van der Waals surface area (Å²) in [7, 11) is 0. The maximum Gasteiger partial charge on any atom is 0.298 e. The van der Waals surface area contributed by atoms with Gasteiger partial charge in [0.2, 0.25) is 0 Å². The highest BCUT2D eigenvalue weighted by molar-refractivity contribution is 14.1. The molecule has 0 unspecified atom stereocenters. The van der Waals surface area contributed by atoms with Gasteiger partial charge in [-0.25, -0.2) is 17.6 Å². The van der Waals surface area contributed by atoms with E-state index in [9.17, 15) is 40.2 Å². The SMILES string of the molecule is CCCC1CCC(C2CCC(CO)CC2)CC1.CCCC1CCC(C2CCC(COCF)CC2)CC1.FC=C(F)F.FC=C(F)F.FCI. The molecule has 0 saturated heterocycles. The lowest BCUT2D eigenvalue weighted by atomic mass is 9.69. The van der Waals surface area contributed by atoms with Crippen LogP contribution < -0.4 is 0 Å². The molecule has 4 aliphatic carbocycles. The van der Waals surface area contributed by atoms with Gasteiger partial charge in [0.15, 0.2) is 19.5 Å². The monoisotopic (exact) mass is 832 g/mol. The van der Waals surface area contributed by atoms with Gasteiger partial charge in [-0.2, -0.15) is 17.6 Å². The molecule has 0 aromatic rings. The Morgan fingerprint density at radius 2 is 0.837 bits per heavy atom. The summed E-state index contributed by atoms with van der Waals surface area (Å²) in [6.07, 6.45) is 22.1. The van der Waals surface area contributed by atoms with Crippen LogP contribution in [0.5, 0.6) is 0 Å². The maximum absolute atomic E-state index is 12.0. The summed E-state index contributed by atoms with van der Waals surface area (Å²) in [6, 6.07) is 0. The Balaban J connectivity index is 0.000000698. The maximum atomic E-state index is 12.0. The zero-order valence-electron chi connectivity index (χ0n) is 30.0. The third-order valence-electron chi connectivity index (χ3n) is 11.1. The van der Waals surface area contributed by atoms with E-state index in [0.717, 1.165) is 35.5 Å². The summed E-state index contributed by atoms with van der Waals surface area (Å²) in [5.74, 6) is 7.31. The van der Waals surface area contributed by atoms with Gasteiger partial charge in [0, 0.05) is 6.61 Å². The van der Waals surface area contributed by atoms with E-state index >= 15 is 0 Å². The van der Waals surface area contributed by atoms with Crippen LogP contribution in [-0.4, -0.2) is 29.9 Å². The quantitative estimate of drug-likeness (QED) is 0.135. The average Bonchev–Trinajstić information content (AvgIpc) is 3.13. The molecule has 4 rings (SSSR count). The van der Waals surface area contributed by atoms with Gasteiger partial charge in [0.1, 0.15) is 4.68 Å². The zero-order valence-corrected chi connectivity index (χ0v) is 32.2. The van der Waals surface area contributed by atoms with Crippen molar-refractivity contribution in [2.45, 2.75) is 142 Å². The number of hydrogen-bond donors (Lipinski definition) is 1. The van der Waals surface area contributed by atoms with Gasteiger partial charge in [-0.1, -0.05) is 65.2 Å². The number of ether oxygens (including phenoxy) is 1. The molecule has 2 nitrogen and oxygen atoms in total. The fourth-order valence-corrected chi connectivity index (χ4v) is 8.59. The average molecular weight is 833 g/mol. The second kappa shape index (κ2) is 32.2. The van der Waals surface area contributed by atoms with Crippen molar-refractivity contribution < 1.29 is 45.0 Å². The van der Waals surface area contributed by atoms with E-state index in [4.69, 9.17) is 4.74 Å². The first-order valence-electron chi connectivity index (χ1n) is 18.7. The molecule has 1 N–H and O–H groups in total. The van der Waals surface area contributed by atoms with Crippen molar-refractivity contribution >= 4 is 22.6 Å². The first-order chi connectivity index (χ1) is 23.6. The summed E-state index contributed by atoms with van der Waals surface area (Å²) < 4.78 is 88.3. The molecule has 0 aromatic heterocycles. The molecule has 0 amide bonds. The normalized spacial score (nSPS) is 29.5. The standard InChI is InChI=1S/C17H31FO.C16H30O.2C2HF3.CH2FI/c1-2-3-14-4-8-16(9-5-14)17-10-6-15(7-11-17)12-19-13-18;1-2-3-13-4-8-15(9-5-13)16-10-6-14(12-17)7-11-16;2*3-1-2(4)5;2-1-3/h14-17H,2-13H2,1H3;13-17H,2-12H2,1H3;2*1H;1H2. The van der Waals surface area contributed by atoms with E-state index in [1.54, 1.807) is 22.6 Å². The minimum absolute atomic E-state index is 0.280. The smallest absolute Gasteiger partial charge is 0.298 e. The first kappa shape index (κ1) is 48.6. The number of halogens is 9. The van der Waals surface area contributed by atoms with Crippen LogP contribution in [-0.2, 0) is 4.74 Å². The van der Waals surface area contributed by atoms with Crippen molar-refractivity contribution in [2.24, 2.45) is 47.3 Å². The minimum Gasteiger partial charge on any atom is -0.396 e. The Morgan fingerprint density at radius 3 is 1.06 bits per heavy atom. The van der Waals surface area contributed by atoms with E-state index in [-0.39, 0.29) is 4.68 Å². The van der Waals surface area contributed by atoms with E-state index < -0.39 is 31.7 Å². The lowest BCUT2D eigenvalue weighted by Gasteiger charge is -2.37. The van der Waals surface area contributed by atoms with Crippen molar-refractivity contribution in [1.82, 2.24) is 0 Å². The Bertz CT molecular complexity index is 765. The van der Waals surface area contributed by atoms with Gasteiger partial charge in [0.05, 0.1) is 6.61 Å². The molecule has 11 heteroatoms. The van der Waals surface area contributed by atoms with E-state index in [1.165, 1.54) is 128 Å². The molecule has 0 aromatic carbocycles. The largest absolute Gasteiger partial charge is 0.396 e. The third-order valence-corrected chi connectivity index (χ3v) is 11.1. The van der Waals surface area contributed by atoms with Gasteiger partial charge < -0.3 is 9.84 Å². The molecular weight excluding hydrogens is 767 g/mol. The predicted molar refractivity (Wildman–Crippen MR) is 193 cm³/mol. The lowest BCUT2D eigenvalue weighted by molar-refractivity contribution is 0.0179. The second-order valence-corrected chi connectivity index (χ2v) is 14.8. The molecule has 0 atom stereocenters. The molecule has 0 spiro atoms. The van der Waals surface area contributed by atoms with Crippen molar-refractivity contribution in [1.29, 1.82) is 0 Å². The lowest BCUT2D eigenvalue weighted by Crippen LogP contribution is -2.27. The molecule has 0 aliphatic heterocycles.